The molecule has 21 heavy (non-hydrogen) atoms. The highest BCUT2D eigenvalue weighted by Gasteiger charge is 2.03. The van der Waals surface area contributed by atoms with E-state index in [-0.39, 0.29) is 12.5 Å². The summed E-state index contributed by atoms with van der Waals surface area (Å²) in [6.45, 7) is 0.129. The number of amides is 1. The van der Waals surface area contributed by atoms with Gasteiger partial charge in [-0.2, -0.15) is 5.26 Å². The first kappa shape index (κ1) is 14.4. The van der Waals surface area contributed by atoms with Gasteiger partial charge >= 0.3 is 0 Å². The zero-order valence-electron chi connectivity index (χ0n) is 11.6. The average Bonchev–Trinajstić information content (AvgIpc) is 2.53. The number of rotatable bonds is 5. The maximum Gasteiger partial charge on any atom is 0.243 e. The Kier molecular flexibility index (Phi) is 4.78. The molecule has 0 bridgehead atoms. The zero-order valence-corrected chi connectivity index (χ0v) is 11.6. The van der Waals surface area contributed by atoms with Gasteiger partial charge in [-0.15, -0.1) is 0 Å². The molecule has 0 aliphatic rings. The van der Waals surface area contributed by atoms with Crippen LogP contribution in [0.5, 0.6) is 5.75 Å². The Labute approximate surface area is 123 Å². The van der Waals surface area contributed by atoms with E-state index in [4.69, 9.17) is 10.00 Å². The van der Waals surface area contributed by atoms with Crippen molar-refractivity contribution in [2.45, 2.75) is 0 Å². The van der Waals surface area contributed by atoms with Crippen molar-refractivity contribution in [2.75, 3.05) is 24.3 Å². The molecule has 5 nitrogen and oxygen atoms in total. The zero-order chi connectivity index (χ0) is 15.1. The van der Waals surface area contributed by atoms with Crippen molar-refractivity contribution in [1.82, 2.24) is 0 Å². The lowest BCUT2D eigenvalue weighted by Gasteiger charge is -2.09. The lowest BCUT2D eigenvalue weighted by atomic mass is 10.2. The fourth-order valence-corrected chi connectivity index (χ4v) is 1.79. The largest absolute Gasteiger partial charge is 0.497 e. The normalized spacial score (nSPS) is 9.52. The SMILES string of the molecule is COc1cccc(NCC(=O)Nc2cccc(C#N)c2)c1. The lowest BCUT2D eigenvalue weighted by molar-refractivity contribution is -0.114. The van der Waals surface area contributed by atoms with Crippen LogP contribution in [0.1, 0.15) is 5.56 Å². The maximum absolute atomic E-state index is 11.9. The number of nitrogens with one attached hydrogen (secondary N) is 2. The minimum atomic E-state index is -0.187. The van der Waals surface area contributed by atoms with Gasteiger partial charge in [-0.05, 0) is 30.3 Å². The summed E-state index contributed by atoms with van der Waals surface area (Å²) in [5.74, 6) is 0.537. The summed E-state index contributed by atoms with van der Waals surface area (Å²) in [6.07, 6.45) is 0. The number of carbonyl (C=O) groups excluding carboxylic acids is 1. The Balaban J connectivity index is 1.91. The molecule has 2 N–H and O–H groups in total. The third kappa shape index (κ3) is 4.25. The molecular formula is C16H15N3O2. The number of hydrogen-bond donors (Lipinski definition) is 2. The highest BCUT2D eigenvalue weighted by Crippen LogP contribution is 2.16. The Morgan fingerprint density at radius 3 is 2.71 bits per heavy atom. The molecule has 106 valence electrons. The van der Waals surface area contributed by atoms with Crippen LogP contribution in [-0.4, -0.2) is 19.6 Å². The number of nitriles is 1. The van der Waals surface area contributed by atoms with Gasteiger partial charge in [0.25, 0.3) is 0 Å². The Hall–Kier alpha value is -3.00. The molecule has 0 aliphatic heterocycles. The molecule has 0 saturated heterocycles. The van der Waals surface area contributed by atoms with Crippen molar-refractivity contribution >= 4 is 17.3 Å². The monoisotopic (exact) mass is 281 g/mol. The summed E-state index contributed by atoms with van der Waals surface area (Å²) in [6, 6.07) is 16.1. The van der Waals surface area contributed by atoms with Crippen molar-refractivity contribution in [3.63, 3.8) is 0 Å². The van der Waals surface area contributed by atoms with Crippen LogP contribution >= 0.6 is 0 Å². The number of methoxy groups -OCH3 is 1. The molecule has 0 atom stereocenters. The van der Waals surface area contributed by atoms with Gasteiger partial charge in [0.05, 0.1) is 25.3 Å². The lowest BCUT2D eigenvalue weighted by Crippen LogP contribution is -2.21. The van der Waals surface area contributed by atoms with Crippen LogP contribution in [0.2, 0.25) is 0 Å². The highest BCUT2D eigenvalue weighted by molar-refractivity contribution is 5.93. The molecule has 1 amide bonds. The first-order valence-electron chi connectivity index (χ1n) is 6.39. The van der Waals surface area contributed by atoms with Gasteiger partial charge in [0.1, 0.15) is 5.75 Å². The quantitative estimate of drug-likeness (QED) is 0.883. The van der Waals surface area contributed by atoms with E-state index in [1.807, 2.05) is 30.3 Å². The molecule has 2 rings (SSSR count). The Bertz CT molecular complexity index is 677. The highest BCUT2D eigenvalue weighted by atomic mass is 16.5. The van der Waals surface area contributed by atoms with Crippen LogP contribution in [0, 0.1) is 11.3 Å². The Morgan fingerprint density at radius 1 is 1.19 bits per heavy atom. The molecule has 0 aromatic heterocycles. The van der Waals surface area contributed by atoms with Gasteiger partial charge in [0.2, 0.25) is 5.91 Å². The summed E-state index contributed by atoms with van der Waals surface area (Å²) in [4.78, 5) is 11.9. The van der Waals surface area contributed by atoms with Crippen molar-refractivity contribution < 1.29 is 9.53 Å². The second kappa shape index (κ2) is 6.96. The van der Waals surface area contributed by atoms with E-state index < -0.39 is 0 Å². The predicted octanol–water partition coefficient (Wildman–Crippen LogP) is 2.62. The fraction of sp³-hybridized carbons (Fsp3) is 0.125. The van der Waals surface area contributed by atoms with Crippen LogP contribution in [-0.2, 0) is 4.79 Å². The molecule has 0 radical (unpaired) electrons. The molecule has 0 spiro atoms. The van der Waals surface area contributed by atoms with Gasteiger partial charge < -0.3 is 15.4 Å². The van der Waals surface area contributed by atoms with Gasteiger partial charge in [-0.25, -0.2) is 0 Å². The third-order valence-electron chi connectivity index (χ3n) is 2.80. The van der Waals surface area contributed by atoms with Crippen molar-refractivity contribution in [1.29, 1.82) is 5.26 Å². The maximum atomic E-state index is 11.9. The number of carbonyl (C=O) groups is 1. The minimum absolute atomic E-state index is 0.129. The summed E-state index contributed by atoms with van der Waals surface area (Å²) < 4.78 is 5.11. The van der Waals surface area contributed by atoms with Crippen molar-refractivity contribution in [3.8, 4) is 11.8 Å². The van der Waals surface area contributed by atoms with Crippen LogP contribution < -0.4 is 15.4 Å². The molecule has 0 saturated carbocycles. The van der Waals surface area contributed by atoms with E-state index >= 15 is 0 Å². The number of benzene rings is 2. The molecule has 5 heteroatoms. The number of nitrogens with zero attached hydrogens (tertiary/aromatic N) is 1. The Morgan fingerprint density at radius 2 is 1.95 bits per heavy atom. The van der Waals surface area contributed by atoms with Gasteiger partial charge in [0.15, 0.2) is 0 Å². The smallest absolute Gasteiger partial charge is 0.243 e. The summed E-state index contributed by atoms with van der Waals surface area (Å²) in [5.41, 5.74) is 1.91. The standard InChI is InChI=1S/C16H15N3O2/c1-21-15-7-3-5-13(9-15)18-11-16(20)19-14-6-2-4-12(8-14)10-17/h2-9,18H,11H2,1H3,(H,19,20). The van der Waals surface area contributed by atoms with Crippen molar-refractivity contribution in [3.05, 3.63) is 54.1 Å². The van der Waals surface area contributed by atoms with E-state index in [2.05, 4.69) is 10.6 Å². The van der Waals surface area contributed by atoms with Crippen molar-refractivity contribution in [2.24, 2.45) is 0 Å². The van der Waals surface area contributed by atoms with Gasteiger partial charge in [0, 0.05) is 17.4 Å². The molecular weight excluding hydrogens is 266 g/mol. The van der Waals surface area contributed by atoms with Crippen LogP contribution in [0.15, 0.2) is 48.5 Å². The molecule has 0 unspecified atom stereocenters. The van der Waals surface area contributed by atoms with Gasteiger partial charge in [-0.1, -0.05) is 12.1 Å². The number of hydrogen-bond acceptors (Lipinski definition) is 4. The molecule has 2 aromatic carbocycles. The van der Waals surface area contributed by atoms with Crippen LogP contribution in [0.25, 0.3) is 0 Å². The van der Waals surface area contributed by atoms with E-state index in [1.165, 1.54) is 0 Å². The van der Waals surface area contributed by atoms with Crippen LogP contribution in [0.4, 0.5) is 11.4 Å². The minimum Gasteiger partial charge on any atom is -0.497 e. The molecule has 0 fully saturated rings. The fourth-order valence-electron chi connectivity index (χ4n) is 1.79. The first-order valence-corrected chi connectivity index (χ1v) is 6.39. The average molecular weight is 281 g/mol. The van der Waals surface area contributed by atoms with E-state index in [9.17, 15) is 4.79 Å². The van der Waals surface area contributed by atoms with Crippen LogP contribution in [0.3, 0.4) is 0 Å². The second-order valence-electron chi connectivity index (χ2n) is 4.33. The molecule has 0 aliphatic carbocycles. The summed E-state index contributed by atoms with van der Waals surface area (Å²) >= 11 is 0. The molecule has 0 heterocycles. The van der Waals surface area contributed by atoms with E-state index in [0.717, 1.165) is 11.4 Å². The second-order valence-corrected chi connectivity index (χ2v) is 4.33. The number of ether oxygens (including phenoxy) is 1. The third-order valence-corrected chi connectivity index (χ3v) is 2.80. The summed E-state index contributed by atoms with van der Waals surface area (Å²) in [5, 5.41) is 14.6. The van der Waals surface area contributed by atoms with E-state index in [1.54, 1.807) is 31.4 Å². The van der Waals surface area contributed by atoms with Gasteiger partial charge in [-0.3, -0.25) is 4.79 Å². The van der Waals surface area contributed by atoms with E-state index in [0.29, 0.717) is 11.3 Å². The predicted molar refractivity (Wildman–Crippen MR) is 81.3 cm³/mol. The topological polar surface area (TPSA) is 74.2 Å². The first-order chi connectivity index (χ1) is 10.2. The molecule has 2 aromatic rings. The summed E-state index contributed by atoms with van der Waals surface area (Å²) in [7, 11) is 1.59. The number of anilines is 2.